The van der Waals surface area contributed by atoms with Crippen LogP contribution in [0.1, 0.15) is 29.7 Å². The SMILES string of the molecule is COc1ccccc1CSc1nc2n(n1)[C@@H](c1ccccc1)C(C(=O)Nc1ccc(C)cc1)=C(C)N2. The van der Waals surface area contributed by atoms with Gasteiger partial charge >= 0.3 is 0 Å². The average Bonchev–Trinajstić information content (AvgIpc) is 3.30. The number of anilines is 2. The minimum absolute atomic E-state index is 0.179. The fraction of sp³-hybridized carbons (Fsp3) is 0.179. The molecule has 0 aliphatic carbocycles. The Labute approximate surface area is 214 Å². The van der Waals surface area contributed by atoms with Gasteiger partial charge < -0.3 is 15.4 Å². The number of amides is 1. The fourth-order valence-electron chi connectivity index (χ4n) is 4.23. The molecule has 0 radical (unpaired) electrons. The number of para-hydroxylation sites is 1. The molecule has 5 rings (SSSR count). The van der Waals surface area contributed by atoms with Crippen molar-refractivity contribution in [2.75, 3.05) is 17.7 Å². The van der Waals surface area contributed by atoms with Crippen LogP contribution in [0.4, 0.5) is 11.6 Å². The monoisotopic (exact) mass is 497 g/mol. The van der Waals surface area contributed by atoms with Gasteiger partial charge in [-0.3, -0.25) is 4.79 Å². The first kappa shape index (κ1) is 23.7. The summed E-state index contributed by atoms with van der Waals surface area (Å²) in [4.78, 5) is 18.3. The Hall–Kier alpha value is -4.04. The summed E-state index contributed by atoms with van der Waals surface area (Å²) < 4.78 is 7.28. The lowest BCUT2D eigenvalue weighted by atomic mass is 9.95. The second-order valence-corrected chi connectivity index (χ2v) is 9.50. The number of thioether (sulfide) groups is 1. The van der Waals surface area contributed by atoms with E-state index in [4.69, 9.17) is 14.8 Å². The van der Waals surface area contributed by atoms with Gasteiger partial charge in [0.2, 0.25) is 11.1 Å². The number of fused-ring (bicyclic) bond motifs is 1. The van der Waals surface area contributed by atoms with E-state index < -0.39 is 6.04 Å². The Balaban J connectivity index is 1.46. The minimum atomic E-state index is -0.416. The van der Waals surface area contributed by atoms with Crippen molar-refractivity contribution in [2.45, 2.75) is 30.8 Å². The number of hydrogen-bond acceptors (Lipinski definition) is 6. The zero-order chi connectivity index (χ0) is 25.1. The Morgan fingerprint density at radius 2 is 1.75 bits per heavy atom. The van der Waals surface area contributed by atoms with E-state index in [0.717, 1.165) is 33.8 Å². The maximum Gasteiger partial charge on any atom is 0.255 e. The van der Waals surface area contributed by atoms with E-state index in [1.165, 1.54) is 11.8 Å². The molecule has 7 nitrogen and oxygen atoms in total. The lowest BCUT2D eigenvalue weighted by Gasteiger charge is -2.28. The molecule has 1 aliphatic rings. The molecule has 1 atom stereocenters. The van der Waals surface area contributed by atoms with Gasteiger partial charge in [0, 0.05) is 22.7 Å². The molecule has 1 aliphatic heterocycles. The third-order valence-corrected chi connectivity index (χ3v) is 6.94. The number of aromatic nitrogens is 3. The second kappa shape index (κ2) is 10.3. The number of methoxy groups -OCH3 is 1. The fourth-order valence-corrected chi connectivity index (χ4v) is 5.05. The number of rotatable bonds is 7. The summed E-state index contributed by atoms with van der Waals surface area (Å²) in [6.07, 6.45) is 0. The van der Waals surface area contributed by atoms with E-state index >= 15 is 0 Å². The van der Waals surface area contributed by atoms with Crippen LogP contribution in [0, 0.1) is 6.92 Å². The normalized spacial score (nSPS) is 14.7. The molecule has 0 saturated carbocycles. The predicted molar refractivity (Wildman–Crippen MR) is 143 cm³/mol. The van der Waals surface area contributed by atoms with Crippen molar-refractivity contribution < 1.29 is 9.53 Å². The van der Waals surface area contributed by atoms with Crippen LogP contribution in [0.5, 0.6) is 5.75 Å². The zero-order valence-corrected chi connectivity index (χ0v) is 21.2. The van der Waals surface area contributed by atoms with Gasteiger partial charge in [0.1, 0.15) is 11.8 Å². The Bertz CT molecular complexity index is 1410. The largest absolute Gasteiger partial charge is 0.496 e. The molecule has 8 heteroatoms. The van der Waals surface area contributed by atoms with Crippen LogP contribution < -0.4 is 15.4 Å². The first-order valence-electron chi connectivity index (χ1n) is 11.7. The van der Waals surface area contributed by atoms with Crippen molar-refractivity contribution in [2.24, 2.45) is 0 Å². The first-order chi connectivity index (χ1) is 17.5. The van der Waals surface area contributed by atoms with E-state index in [9.17, 15) is 4.79 Å². The third-order valence-electron chi connectivity index (χ3n) is 6.05. The highest BCUT2D eigenvalue weighted by Crippen LogP contribution is 2.37. The van der Waals surface area contributed by atoms with Gasteiger partial charge in [-0.15, -0.1) is 5.10 Å². The lowest BCUT2D eigenvalue weighted by molar-refractivity contribution is -0.113. The molecule has 0 spiro atoms. The maximum atomic E-state index is 13.6. The molecule has 0 fully saturated rings. The van der Waals surface area contributed by atoms with Gasteiger partial charge in [0.25, 0.3) is 5.91 Å². The van der Waals surface area contributed by atoms with E-state index in [-0.39, 0.29) is 5.91 Å². The second-order valence-electron chi connectivity index (χ2n) is 8.56. The number of nitrogens with one attached hydrogen (secondary N) is 2. The highest BCUT2D eigenvalue weighted by molar-refractivity contribution is 7.98. The number of allylic oxidation sites excluding steroid dienone is 1. The number of benzene rings is 3. The summed E-state index contributed by atoms with van der Waals surface area (Å²) in [6, 6.07) is 25.2. The van der Waals surface area contributed by atoms with Gasteiger partial charge in [-0.1, -0.05) is 78.0 Å². The molecule has 36 heavy (non-hydrogen) atoms. The van der Waals surface area contributed by atoms with Crippen molar-refractivity contribution in [1.82, 2.24) is 14.8 Å². The first-order valence-corrected chi connectivity index (χ1v) is 12.6. The van der Waals surface area contributed by atoms with Gasteiger partial charge in [-0.05, 0) is 37.6 Å². The van der Waals surface area contributed by atoms with Crippen molar-refractivity contribution in [3.8, 4) is 5.75 Å². The molecule has 182 valence electrons. The topological polar surface area (TPSA) is 81.1 Å². The molecule has 4 aromatic rings. The highest BCUT2D eigenvalue weighted by Gasteiger charge is 2.34. The van der Waals surface area contributed by atoms with Crippen LogP contribution in [0.2, 0.25) is 0 Å². The average molecular weight is 498 g/mol. The molecule has 1 aromatic heterocycles. The van der Waals surface area contributed by atoms with Gasteiger partial charge in [0.05, 0.1) is 12.7 Å². The summed E-state index contributed by atoms with van der Waals surface area (Å²) >= 11 is 1.53. The molecule has 3 aromatic carbocycles. The summed E-state index contributed by atoms with van der Waals surface area (Å²) in [6.45, 7) is 3.92. The van der Waals surface area contributed by atoms with Gasteiger partial charge in [-0.2, -0.15) is 4.98 Å². The Morgan fingerprint density at radius 3 is 2.50 bits per heavy atom. The number of carbonyl (C=O) groups is 1. The lowest BCUT2D eigenvalue weighted by Crippen LogP contribution is -2.31. The Kier molecular flexibility index (Phi) is 6.77. The minimum Gasteiger partial charge on any atom is -0.496 e. The van der Waals surface area contributed by atoms with Crippen LogP contribution in [-0.4, -0.2) is 27.8 Å². The zero-order valence-electron chi connectivity index (χ0n) is 20.4. The van der Waals surface area contributed by atoms with Crippen LogP contribution in [0.3, 0.4) is 0 Å². The van der Waals surface area contributed by atoms with Crippen molar-refractivity contribution in [3.05, 3.63) is 107 Å². The number of nitrogens with zero attached hydrogens (tertiary/aromatic N) is 3. The summed E-state index contributed by atoms with van der Waals surface area (Å²) in [5, 5.41) is 11.8. The maximum absolute atomic E-state index is 13.6. The van der Waals surface area contributed by atoms with E-state index in [1.54, 1.807) is 11.8 Å². The smallest absolute Gasteiger partial charge is 0.255 e. The van der Waals surface area contributed by atoms with Crippen LogP contribution in [-0.2, 0) is 10.5 Å². The molecule has 0 unspecified atom stereocenters. The van der Waals surface area contributed by atoms with Crippen LogP contribution >= 0.6 is 11.8 Å². The molecule has 1 amide bonds. The molecular formula is C28H27N5O2S. The van der Waals surface area contributed by atoms with E-state index in [1.807, 2.05) is 92.7 Å². The molecular weight excluding hydrogens is 470 g/mol. The third kappa shape index (κ3) is 4.85. The van der Waals surface area contributed by atoms with E-state index in [0.29, 0.717) is 22.4 Å². The van der Waals surface area contributed by atoms with E-state index in [2.05, 4.69) is 10.6 Å². The highest BCUT2D eigenvalue weighted by atomic mass is 32.2. The van der Waals surface area contributed by atoms with Crippen molar-refractivity contribution in [1.29, 1.82) is 0 Å². The molecule has 0 saturated heterocycles. The quantitative estimate of drug-likeness (QED) is 0.314. The van der Waals surface area contributed by atoms with Crippen molar-refractivity contribution >= 4 is 29.3 Å². The number of ether oxygens (including phenoxy) is 1. The number of carbonyl (C=O) groups excluding carboxylic acids is 1. The van der Waals surface area contributed by atoms with Crippen LogP contribution in [0.15, 0.2) is 95.3 Å². The number of hydrogen-bond donors (Lipinski definition) is 2. The summed E-state index contributed by atoms with van der Waals surface area (Å²) in [7, 11) is 1.67. The summed E-state index contributed by atoms with van der Waals surface area (Å²) in [5.74, 6) is 1.93. The Morgan fingerprint density at radius 1 is 1.03 bits per heavy atom. The molecule has 2 heterocycles. The van der Waals surface area contributed by atoms with Gasteiger partial charge in [0.15, 0.2) is 0 Å². The molecule has 0 bridgehead atoms. The standard InChI is InChI=1S/C28H27N5O2S/c1-18-13-15-22(16-14-18)30-26(34)24-19(2)29-27-31-28(36-17-21-11-7-8-12-23(21)35-3)32-33(27)25(24)20-9-5-4-6-10-20/h4-16,25H,17H2,1-3H3,(H,30,34)(H,29,31,32)/t25-/m0/s1. The summed E-state index contributed by atoms with van der Waals surface area (Å²) in [5.41, 5.74) is 5.25. The predicted octanol–water partition coefficient (Wildman–Crippen LogP) is 5.82. The van der Waals surface area contributed by atoms with Crippen molar-refractivity contribution in [3.63, 3.8) is 0 Å². The number of aryl methyl sites for hydroxylation is 1. The van der Waals surface area contributed by atoms with Crippen LogP contribution in [0.25, 0.3) is 0 Å². The van der Waals surface area contributed by atoms with Gasteiger partial charge in [-0.25, -0.2) is 4.68 Å². The molecule has 2 N–H and O–H groups in total.